The second kappa shape index (κ2) is 4.52. The zero-order valence-corrected chi connectivity index (χ0v) is 10.2. The maximum absolute atomic E-state index is 11.8. The first kappa shape index (κ1) is 10.9. The van der Waals surface area contributed by atoms with Gasteiger partial charge < -0.3 is 9.73 Å². The molecule has 2 rings (SSSR count). The number of rotatable bonds is 3. The number of carbonyl (C=O) groups excluding carboxylic acids is 1. The van der Waals surface area contributed by atoms with E-state index in [0.29, 0.717) is 22.5 Å². The first-order valence-electron chi connectivity index (χ1n) is 4.66. The Morgan fingerprint density at radius 1 is 1.69 bits per heavy atom. The number of furan rings is 1. The molecule has 0 spiro atoms. The lowest BCUT2D eigenvalue weighted by atomic mass is 10.4. The van der Waals surface area contributed by atoms with Crippen molar-refractivity contribution < 1.29 is 9.21 Å². The van der Waals surface area contributed by atoms with E-state index < -0.39 is 0 Å². The lowest BCUT2D eigenvalue weighted by molar-refractivity contribution is 0.0938. The van der Waals surface area contributed by atoms with Crippen LogP contribution in [0, 0.1) is 0 Å². The number of amides is 1. The van der Waals surface area contributed by atoms with Crippen LogP contribution in [0.2, 0.25) is 0 Å². The van der Waals surface area contributed by atoms with Gasteiger partial charge in [0.25, 0.3) is 5.91 Å². The van der Waals surface area contributed by atoms with Gasteiger partial charge in [-0.25, -0.2) is 0 Å². The molecule has 0 radical (unpaired) electrons. The summed E-state index contributed by atoms with van der Waals surface area (Å²) in [6, 6.07) is 3.58. The second-order valence-electron chi connectivity index (χ2n) is 3.23. The Morgan fingerprint density at radius 3 is 3.06 bits per heavy atom. The standard InChI is InChI=1S/C10H10BrN3O2/c1-14-9(8(11)6-13-14)10(15)12-5-7-3-2-4-16-7/h2-4,6H,5H2,1H3,(H,12,15). The van der Waals surface area contributed by atoms with Crippen LogP contribution in [0.4, 0.5) is 0 Å². The quantitative estimate of drug-likeness (QED) is 0.933. The van der Waals surface area contributed by atoms with Crippen LogP contribution >= 0.6 is 15.9 Å². The molecule has 2 aromatic heterocycles. The summed E-state index contributed by atoms with van der Waals surface area (Å²) in [7, 11) is 1.71. The summed E-state index contributed by atoms with van der Waals surface area (Å²) in [5.41, 5.74) is 0.492. The summed E-state index contributed by atoms with van der Waals surface area (Å²) in [6.07, 6.45) is 3.16. The molecule has 2 heterocycles. The molecule has 0 saturated carbocycles. The van der Waals surface area contributed by atoms with E-state index in [1.165, 1.54) is 4.68 Å². The summed E-state index contributed by atoms with van der Waals surface area (Å²) < 4.78 is 7.30. The van der Waals surface area contributed by atoms with Crippen LogP contribution in [0.5, 0.6) is 0 Å². The third-order valence-electron chi connectivity index (χ3n) is 2.11. The topological polar surface area (TPSA) is 60.1 Å². The minimum atomic E-state index is -0.191. The lowest BCUT2D eigenvalue weighted by Crippen LogP contribution is -2.25. The SMILES string of the molecule is Cn1ncc(Br)c1C(=O)NCc1ccco1. The maximum atomic E-state index is 11.8. The van der Waals surface area contributed by atoms with Crippen LogP contribution in [-0.4, -0.2) is 15.7 Å². The van der Waals surface area contributed by atoms with Crippen LogP contribution in [0.25, 0.3) is 0 Å². The predicted octanol–water partition coefficient (Wildman–Crippen LogP) is 1.71. The van der Waals surface area contributed by atoms with Crippen molar-refractivity contribution in [2.75, 3.05) is 0 Å². The molecule has 1 N–H and O–H groups in total. The molecule has 5 nitrogen and oxygen atoms in total. The molecule has 0 aliphatic heterocycles. The highest BCUT2D eigenvalue weighted by Crippen LogP contribution is 2.14. The average molecular weight is 284 g/mol. The Balaban J connectivity index is 2.04. The third-order valence-corrected chi connectivity index (χ3v) is 2.69. The van der Waals surface area contributed by atoms with E-state index in [4.69, 9.17) is 4.42 Å². The minimum Gasteiger partial charge on any atom is -0.467 e. The van der Waals surface area contributed by atoms with E-state index in [0.717, 1.165) is 0 Å². The highest BCUT2D eigenvalue weighted by molar-refractivity contribution is 9.10. The Morgan fingerprint density at radius 2 is 2.50 bits per heavy atom. The van der Waals surface area contributed by atoms with Gasteiger partial charge in [0.05, 0.1) is 23.5 Å². The molecule has 0 atom stereocenters. The maximum Gasteiger partial charge on any atom is 0.271 e. The van der Waals surface area contributed by atoms with Crippen molar-refractivity contribution in [1.82, 2.24) is 15.1 Å². The van der Waals surface area contributed by atoms with Crippen molar-refractivity contribution in [3.8, 4) is 0 Å². The largest absolute Gasteiger partial charge is 0.467 e. The van der Waals surface area contributed by atoms with Gasteiger partial charge in [-0.15, -0.1) is 0 Å². The van der Waals surface area contributed by atoms with Crippen LogP contribution in [0.1, 0.15) is 16.2 Å². The molecular weight excluding hydrogens is 274 g/mol. The van der Waals surface area contributed by atoms with Crippen LogP contribution in [0.15, 0.2) is 33.5 Å². The number of nitrogens with zero attached hydrogens (tertiary/aromatic N) is 2. The third kappa shape index (κ3) is 2.16. The minimum absolute atomic E-state index is 0.191. The number of hydrogen-bond donors (Lipinski definition) is 1. The van der Waals surface area contributed by atoms with E-state index >= 15 is 0 Å². The van der Waals surface area contributed by atoms with Gasteiger partial charge in [0.2, 0.25) is 0 Å². The number of halogens is 1. The molecule has 0 aromatic carbocycles. The fourth-order valence-electron chi connectivity index (χ4n) is 1.33. The van der Waals surface area contributed by atoms with Gasteiger partial charge in [0.1, 0.15) is 11.5 Å². The molecule has 0 fully saturated rings. The van der Waals surface area contributed by atoms with E-state index in [-0.39, 0.29) is 5.91 Å². The molecule has 0 aliphatic carbocycles. The summed E-state index contributed by atoms with van der Waals surface area (Å²) in [5, 5.41) is 6.71. The van der Waals surface area contributed by atoms with Crippen molar-refractivity contribution in [3.05, 3.63) is 40.5 Å². The summed E-state index contributed by atoms with van der Waals surface area (Å²) in [4.78, 5) is 11.8. The molecule has 16 heavy (non-hydrogen) atoms. The summed E-state index contributed by atoms with van der Waals surface area (Å²) in [5.74, 6) is 0.523. The van der Waals surface area contributed by atoms with Gasteiger partial charge in [0, 0.05) is 7.05 Å². The summed E-state index contributed by atoms with van der Waals surface area (Å²) >= 11 is 3.27. The second-order valence-corrected chi connectivity index (χ2v) is 4.08. The van der Waals surface area contributed by atoms with Gasteiger partial charge in [-0.2, -0.15) is 5.10 Å². The van der Waals surface area contributed by atoms with Crippen molar-refractivity contribution in [2.45, 2.75) is 6.54 Å². The zero-order chi connectivity index (χ0) is 11.5. The molecule has 1 amide bonds. The first-order valence-corrected chi connectivity index (χ1v) is 5.46. The van der Waals surface area contributed by atoms with Gasteiger partial charge in [-0.3, -0.25) is 9.48 Å². The van der Waals surface area contributed by atoms with Crippen LogP contribution in [-0.2, 0) is 13.6 Å². The Kier molecular flexibility index (Phi) is 3.09. The Bertz CT molecular complexity index is 471. The highest BCUT2D eigenvalue weighted by atomic mass is 79.9. The van der Waals surface area contributed by atoms with E-state index in [1.807, 2.05) is 0 Å². The zero-order valence-electron chi connectivity index (χ0n) is 8.61. The Hall–Kier alpha value is -1.56. The van der Waals surface area contributed by atoms with Gasteiger partial charge >= 0.3 is 0 Å². The fourth-order valence-corrected chi connectivity index (χ4v) is 1.86. The molecule has 84 valence electrons. The van der Waals surface area contributed by atoms with E-state index in [2.05, 4.69) is 26.3 Å². The number of nitrogens with one attached hydrogen (secondary N) is 1. The molecular formula is C10H10BrN3O2. The highest BCUT2D eigenvalue weighted by Gasteiger charge is 2.14. The lowest BCUT2D eigenvalue weighted by Gasteiger charge is -2.04. The Labute approximate surface area is 101 Å². The van der Waals surface area contributed by atoms with Gasteiger partial charge in [0.15, 0.2) is 0 Å². The van der Waals surface area contributed by atoms with Gasteiger partial charge in [-0.1, -0.05) is 0 Å². The van der Waals surface area contributed by atoms with Crippen molar-refractivity contribution in [1.29, 1.82) is 0 Å². The van der Waals surface area contributed by atoms with E-state index in [9.17, 15) is 4.79 Å². The van der Waals surface area contributed by atoms with Gasteiger partial charge in [-0.05, 0) is 28.1 Å². The average Bonchev–Trinajstić information content (AvgIpc) is 2.86. The number of hydrogen-bond acceptors (Lipinski definition) is 3. The van der Waals surface area contributed by atoms with Crippen LogP contribution in [0.3, 0.4) is 0 Å². The number of carbonyl (C=O) groups is 1. The molecule has 0 unspecified atom stereocenters. The first-order chi connectivity index (χ1) is 7.68. The summed E-state index contributed by atoms with van der Waals surface area (Å²) in [6.45, 7) is 0.365. The van der Waals surface area contributed by atoms with Crippen LogP contribution < -0.4 is 5.32 Å². The van der Waals surface area contributed by atoms with E-state index in [1.54, 1.807) is 31.6 Å². The predicted molar refractivity (Wildman–Crippen MR) is 60.8 cm³/mol. The molecule has 0 saturated heterocycles. The van der Waals surface area contributed by atoms with Crippen molar-refractivity contribution in [2.24, 2.45) is 7.05 Å². The number of aryl methyl sites for hydroxylation is 1. The fraction of sp³-hybridized carbons (Fsp3) is 0.200. The molecule has 0 aliphatic rings. The molecule has 6 heteroatoms. The van der Waals surface area contributed by atoms with Crippen molar-refractivity contribution in [3.63, 3.8) is 0 Å². The smallest absolute Gasteiger partial charge is 0.271 e. The monoisotopic (exact) mass is 283 g/mol. The molecule has 0 bridgehead atoms. The normalized spacial score (nSPS) is 10.4. The number of aromatic nitrogens is 2. The van der Waals surface area contributed by atoms with Crippen molar-refractivity contribution >= 4 is 21.8 Å². The molecule has 2 aromatic rings.